The smallest absolute Gasteiger partial charge is 0.280 e. The average Bonchev–Trinajstić information content (AvgIpc) is 3.51. The van der Waals surface area contributed by atoms with Crippen LogP contribution >= 0.6 is 11.8 Å². The number of hydrogen-bond acceptors (Lipinski definition) is 9. The van der Waals surface area contributed by atoms with Gasteiger partial charge in [-0.05, 0) is 54.7 Å². The molecule has 0 saturated carbocycles. The fraction of sp³-hybridized carbons (Fsp3) is 0.613. The highest BCUT2D eigenvalue weighted by molar-refractivity contribution is 7.98. The Morgan fingerprint density at radius 2 is 1.69 bits per heavy atom. The summed E-state index contributed by atoms with van der Waals surface area (Å²) in [5.41, 5.74) is 0.361. The number of nitrogens with zero attached hydrogens (tertiary/aromatic N) is 3. The number of anilines is 1. The Labute approximate surface area is 272 Å². The van der Waals surface area contributed by atoms with Gasteiger partial charge in [0.1, 0.15) is 18.3 Å². The topological polar surface area (TPSA) is 130 Å². The molecule has 0 unspecified atom stereocenters. The summed E-state index contributed by atoms with van der Waals surface area (Å²) in [7, 11) is -4.46. The van der Waals surface area contributed by atoms with Gasteiger partial charge in [0.25, 0.3) is 11.5 Å². The van der Waals surface area contributed by atoms with E-state index in [0.717, 1.165) is 0 Å². The summed E-state index contributed by atoms with van der Waals surface area (Å²) in [4.78, 5) is 37.7. The second kappa shape index (κ2) is 13.4. The molecule has 11 nitrogen and oxygen atoms in total. The highest BCUT2D eigenvalue weighted by Gasteiger charge is 2.52. The van der Waals surface area contributed by atoms with E-state index in [2.05, 4.69) is 88.0 Å². The van der Waals surface area contributed by atoms with E-state index in [1.165, 1.54) is 0 Å². The SMILES string of the molecule is CSCO[C@H]1[C@@H](O[Si](C)(C)C(C)(C)C)[C@H](n2cnc3c(=O)[nH]c(NC(=O)c4ccccc4)nc32)O[C@@H]1CO[Si](C)(C)C(C)(C)C. The fourth-order valence-corrected chi connectivity index (χ4v) is 7.10. The molecule has 248 valence electrons. The van der Waals surface area contributed by atoms with Crippen molar-refractivity contribution in [2.45, 2.75) is 102 Å². The number of carbonyl (C=O) groups excluding carboxylic acids is 1. The number of carbonyl (C=O) groups is 1. The van der Waals surface area contributed by atoms with Crippen molar-refractivity contribution >= 4 is 51.4 Å². The van der Waals surface area contributed by atoms with Crippen LogP contribution in [0.2, 0.25) is 36.3 Å². The maximum Gasteiger partial charge on any atom is 0.280 e. The molecule has 1 aromatic carbocycles. The molecule has 0 spiro atoms. The summed E-state index contributed by atoms with van der Waals surface area (Å²) in [6, 6.07) is 8.73. The Balaban J connectivity index is 1.77. The number of benzene rings is 1. The summed E-state index contributed by atoms with van der Waals surface area (Å²) < 4.78 is 28.7. The zero-order valence-corrected chi connectivity index (χ0v) is 31.2. The normalized spacial score (nSPS) is 21.4. The standard InChI is InChI=1S/C31H49N5O6SSi2/c1-30(2,3)44(8,9)40-17-21-23(39-19-43-7)24(42-45(10,11)31(4,5)6)28(41-21)36-18-32-22-25(36)33-29(35-27(22)38)34-26(37)20-15-13-12-14-16-20/h12-16,18,21,23-24,28H,17,19H2,1-11H3,(H2,33,34,35,37,38)/t21-,23-,24-,28-/m1/s1. The lowest BCUT2D eigenvalue weighted by Crippen LogP contribution is -2.50. The predicted octanol–water partition coefficient (Wildman–Crippen LogP) is 6.39. The number of H-pyrrole nitrogens is 1. The number of ether oxygens (including phenoxy) is 2. The van der Waals surface area contributed by atoms with E-state index in [0.29, 0.717) is 18.1 Å². The van der Waals surface area contributed by atoms with E-state index in [1.807, 2.05) is 12.3 Å². The van der Waals surface area contributed by atoms with Crippen molar-refractivity contribution in [2.24, 2.45) is 0 Å². The van der Waals surface area contributed by atoms with Crippen molar-refractivity contribution in [1.82, 2.24) is 19.5 Å². The minimum atomic E-state index is -2.35. The quantitative estimate of drug-likeness (QED) is 0.176. The van der Waals surface area contributed by atoms with Gasteiger partial charge in [-0.15, -0.1) is 11.8 Å². The number of thioether (sulfide) groups is 1. The number of imidazole rings is 1. The molecular formula is C31H49N5O6SSi2. The van der Waals surface area contributed by atoms with Crippen LogP contribution in [-0.4, -0.2) is 79.2 Å². The fourth-order valence-electron chi connectivity index (χ4n) is 4.50. The number of fused-ring (bicyclic) bond motifs is 1. The molecule has 0 aliphatic carbocycles. The second-order valence-electron chi connectivity index (χ2n) is 14.6. The molecule has 2 N–H and O–H groups in total. The Hall–Kier alpha value is -2.34. The number of nitrogens with one attached hydrogen (secondary N) is 2. The van der Waals surface area contributed by atoms with Crippen molar-refractivity contribution in [2.75, 3.05) is 24.1 Å². The number of aromatic nitrogens is 4. The molecule has 4 rings (SSSR count). The number of aromatic amines is 1. The molecule has 2 aromatic heterocycles. The van der Waals surface area contributed by atoms with Crippen molar-refractivity contribution in [1.29, 1.82) is 0 Å². The third-order valence-electron chi connectivity index (χ3n) is 9.29. The summed E-state index contributed by atoms with van der Waals surface area (Å²) in [5, 5.41) is 2.64. The van der Waals surface area contributed by atoms with E-state index in [4.69, 9.17) is 18.3 Å². The van der Waals surface area contributed by atoms with Gasteiger partial charge >= 0.3 is 0 Å². The summed E-state index contributed by atoms with van der Waals surface area (Å²) >= 11 is 1.58. The maximum atomic E-state index is 13.1. The zero-order valence-electron chi connectivity index (χ0n) is 28.4. The van der Waals surface area contributed by atoms with E-state index >= 15 is 0 Å². The third kappa shape index (κ3) is 7.80. The maximum absolute atomic E-state index is 13.1. The molecule has 1 saturated heterocycles. The predicted molar refractivity (Wildman–Crippen MR) is 185 cm³/mol. The van der Waals surface area contributed by atoms with Crippen LogP contribution in [0.3, 0.4) is 0 Å². The summed E-state index contributed by atoms with van der Waals surface area (Å²) in [5.74, 6) is 0.0669. The minimum absolute atomic E-state index is 0.0101. The van der Waals surface area contributed by atoms with Crippen molar-refractivity contribution in [3.63, 3.8) is 0 Å². The Morgan fingerprint density at radius 3 is 2.29 bits per heavy atom. The van der Waals surface area contributed by atoms with Gasteiger partial charge in [-0.1, -0.05) is 59.7 Å². The Kier molecular flexibility index (Phi) is 10.6. The summed E-state index contributed by atoms with van der Waals surface area (Å²) in [6.07, 6.45) is 1.40. The molecule has 1 amide bonds. The van der Waals surface area contributed by atoms with Gasteiger partial charge in [-0.3, -0.25) is 24.5 Å². The Morgan fingerprint density at radius 1 is 1.04 bits per heavy atom. The van der Waals surface area contributed by atoms with Crippen LogP contribution in [0.15, 0.2) is 41.5 Å². The highest BCUT2D eigenvalue weighted by Crippen LogP contribution is 2.44. The summed E-state index contributed by atoms with van der Waals surface area (Å²) in [6.45, 7) is 22.3. The average molecular weight is 676 g/mol. The van der Waals surface area contributed by atoms with E-state index in [-0.39, 0.29) is 27.2 Å². The van der Waals surface area contributed by atoms with Crippen LogP contribution in [0.4, 0.5) is 5.95 Å². The second-order valence-corrected chi connectivity index (χ2v) is 25.0. The van der Waals surface area contributed by atoms with Crippen molar-refractivity contribution < 1.29 is 23.1 Å². The number of hydrogen-bond donors (Lipinski definition) is 2. The van der Waals surface area contributed by atoms with Crippen LogP contribution in [0.1, 0.15) is 58.1 Å². The van der Waals surface area contributed by atoms with Gasteiger partial charge in [0.15, 0.2) is 34.0 Å². The van der Waals surface area contributed by atoms with Gasteiger partial charge in [0.2, 0.25) is 5.95 Å². The Bertz CT molecular complexity index is 1530. The minimum Gasteiger partial charge on any atom is -0.414 e. The van der Waals surface area contributed by atoms with E-state index < -0.39 is 52.6 Å². The van der Waals surface area contributed by atoms with Crippen LogP contribution in [0, 0.1) is 0 Å². The van der Waals surface area contributed by atoms with Crippen LogP contribution < -0.4 is 10.9 Å². The van der Waals surface area contributed by atoms with Crippen molar-refractivity contribution in [3.05, 3.63) is 52.6 Å². The molecular weight excluding hydrogens is 627 g/mol. The lowest BCUT2D eigenvalue weighted by atomic mass is 10.1. The molecule has 0 bridgehead atoms. The zero-order chi connectivity index (χ0) is 33.4. The van der Waals surface area contributed by atoms with Gasteiger partial charge < -0.3 is 18.3 Å². The molecule has 14 heteroatoms. The van der Waals surface area contributed by atoms with E-state index in [9.17, 15) is 9.59 Å². The van der Waals surface area contributed by atoms with E-state index in [1.54, 1.807) is 46.9 Å². The van der Waals surface area contributed by atoms with Crippen LogP contribution in [0.5, 0.6) is 0 Å². The largest absolute Gasteiger partial charge is 0.414 e. The molecule has 45 heavy (non-hydrogen) atoms. The molecule has 0 radical (unpaired) electrons. The molecule has 3 aromatic rings. The highest BCUT2D eigenvalue weighted by atomic mass is 32.2. The number of amides is 1. The van der Waals surface area contributed by atoms with Gasteiger partial charge in [0, 0.05) is 5.56 Å². The lowest BCUT2D eigenvalue weighted by Gasteiger charge is -2.41. The lowest BCUT2D eigenvalue weighted by molar-refractivity contribution is -0.0518. The van der Waals surface area contributed by atoms with Gasteiger partial charge in [-0.2, -0.15) is 4.98 Å². The molecule has 1 fully saturated rings. The molecule has 1 aliphatic heterocycles. The first-order valence-corrected chi connectivity index (χ1v) is 22.5. The molecule has 3 heterocycles. The number of rotatable bonds is 11. The monoisotopic (exact) mass is 675 g/mol. The molecule has 1 aliphatic rings. The molecule has 4 atom stereocenters. The van der Waals surface area contributed by atoms with Gasteiger partial charge in [-0.25, -0.2) is 4.98 Å². The van der Waals surface area contributed by atoms with Crippen molar-refractivity contribution in [3.8, 4) is 0 Å². The first kappa shape index (κ1) is 35.5. The van der Waals surface area contributed by atoms with Crippen LogP contribution in [0.25, 0.3) is 11.2 Å². The third-order valence-corrected chi connectivity index (χ3v) is 18.6. The van der Waals surface area contributed by atoms with Crippen LogP contribution in [-0.2, 0) is 18.3 Å². The first-order valence-electron chi connectivity index (χ1n) is 15.3. The van der Waals surface area contributed by atoms with Gasteiger partial charge in [0.05, 0.1) is 18.9 Å². The first-order chi connectivity index (χ1) is 20.9.